The van der Waals surface area contributed by atoms with Gasteiger partial charge in [0.05, 0.1) is 6.54 Å². The van der Waals surface area contributed by atoms with Crippen molar-refractivity contribution in [3.63, 3.8) is 0 Å². The molecular formula is C23H25N7O3. The molecule has 2 fully saturated rings. The maximum absolute atomic E-state index is 13.2. The van der Waals surface area contributed by atoms with Crippen molar-refractivity contribution in [1.82, 2.24) is 15.1 Å². The lowest BCUT2D eigenvalue weighted by Crippen LogP contribution is -2.45. The van der Waals surface area contributed by atoms with Crippen LogP contribution < -0.4 is 10.6 Å². The van der Waals surface area contributed by atoms with Gasteiger partial charge in [-0.3, -0.25) is 14.9 Å². The molecule has 0 saturated carbocycles. The van der Waals surface area contributed by atoms with Gasteiger partial charge in [0.15, 0.2) is 6.19 Å². The summed E-state index contributed by atoms with van der Waals surface area (Å²) in [5.74, 6) is 0.123. The number of hydrogen-bond donors (Lipinski definition) is 2. The van der Waals surface area contributed by atoms with Crippen LogP contribution in [0.2, 0.25) is 0 Å². The number of furan rings is 1. The van der Waals surface area contributed by atoms with Crippen molar-refractivity contribution in [2.45, 2.75) is 38.1 Å². The molecule has 0 unspecified atom stereocenters. The average Bonchev–Trinajstić information content (AvgIpc) is 3.46. The zero-order chi connectivity index (χ0) is 23.2. The fraction of sp³-hybridized carbons (Fsp3) is 0.435. The van der Waals surface area contributed by atoms with Crippen LogP contribution in [0, 0.1) is 22.8 Å². The summed E-state index contributed by atoms with van der Waals surface area (Å²) in [7, 11) is 0. The number of guanidine groups is 1. The van der Waals surface area contributed by atoms with E-state index in [1.165, 1.54) is 0 Å². The van der Waals surface area contributed by atoms with Gasteiger partial charge < -0.3 is 19.5 Å². The highest BCUT2D eigenvalue weighted by atomic mass is 16.3. The van der Waals surface area contributed by atoms with Crippen molar-refractivity contribution in [2.75, 3.05) is 31.5 Å². The molecule has 170 valence electrons. The molecule has 33 heavy (non-hydrogen) atoms. The van der Waals surface area contributed by atoms with Crippen LogP contribution in [0.3, 0.4) is 0 Å². The van der Waals surface area contributed by atoms with Gasteiger partial charge in [-0.05, 0) is 50.3 Å². The minimum atomic E-state index is -0.690. The summed E-state index contributed by atoms with van der Waals surface area (Å²) in [5.41, 5.74) is 1.19. The van der Waals surface area contributed by atoms with Crippen molar-refractivity contribution in [3.8, 4) is 12.3 Å². The van der Waals surface area contributed by atoms with Gasteiger partial charge in [-0.15, -0.1) is 0 Å². The normalized spacial score (nSPS) is 19.2. The van der Waals surface area contributed by atoms with Crippen LogP contribution >= 0.6 is 0 Å². The highest BCUT2D eigenvalue weighted by Gasteiger charge is 2.30. The largest absolute Gasteiger partial charge is 0.446 e. The SMILES string of the molecule is N#CNC(=N[C@H]1CCCCN(CC(=O)N2CCCC2)C1=O)Nc1ccc2oc(C#N)cc2c1. The molecule has 0 radical (unpaired) electrons. The van der Waals surface area contributed by atoms with E-state index in [4.69, 9.17) is 9.68 Å². The van der Waals surface area contributed by atoms with Gasteiger partial charge in [-0.1, -0.05) is 0 Å². The Morgan fingerprint density at radius 2 is 1.94 bits per heavy atom. The maximum Gasteiger partial charge on any atom is 0.247 e. The number of likely N-dealkylation sites (tertiary alicyclic amines) is 2. The zero-order valence-electron chi connectivity index (χ0n) is 18.2. The van der Waals surface area contributed by atoms with Crippen LogP contribution in [0.5, 0.6) is 0 Å². The third-order valence-corrected chi connectivity index (χ3v) is 5.89. The van der Waals surface area contributed by atoms with Crippen molar-refractivity contribution < 1.29 is 14.0 Å². The molecule has 2 amide bonds. The predicted molar refractivity (Wildman–Crippen MR) is 121 cm³/mol. The molecule has 0 bridgehead atoms. The molecule has 4 rings (SSSR count). The van der Waals surface area contributed by atoms with E-state index < -0.39 is 6.04 Å². The Bertz CT molecular complexity index is 1150. The van der Waals surface area contributed by atoms with E-state index in [0.717, 1.165) is 44.2 Å². The molecule has 2 aliphatic rings. The van der Waals surface area contributed by atoms with Crippen LogP contribution in [-0.2, 0) is 9.59 Å². The third-order valence-electron chi connectivity index (χ3n) is 5.89. The maximum atomic E-state index is 13.2. The number of nitrogens with one attached hydrogen (secondary N) is 2. The first kappa shape index (κ1) is 22.2. The summed E-state index contributed by atoms with van der Waals surface area (Å²) in [5, 5.41) is 24.5. The van der Waals surface area contributed by atoms with Crippen molar-refractivity contribution >= 4 is 34.4 Å². The molecule has 1 atom stereocenters. The van der Waals surface area contributed by atoms with E-state index in [1.54, 1.807) is 29.2 Å². The van der Waals surface area contributed by atoms with Gasteiger partial charge >= 0.3 is 0 Å². The number of benzene rings is 1. The molecule has 1 aromatic heterocycles. The number of carbonyl (C=O) groups excluding carboxylic acids is 2. The molecule has 2 aliphatic heterocycles. The fourth-order valence-electron chi connectivity index (χ4n) is 4.21. The first-order valence-corrected chi connectivity index (χ1v) is 11.1. The smallest absolute Gasteiger partial charge is 0.247 e. The Morgan fingerprint density at radius 3 is 2.70 bits per heavy atom. The molecule has 2 N–H and O–H groups in total. The van der Waals surface area contributed by atoms with E-state index in [1.807, 2.05) is 17.2 Å². The van der Waals surface area contributed by atoms with Crippen molar-refractivity contribution in [3.05, 3.63) is 30.0 Å². The summed E-state index contributed by atoms with van der Waals surface area (Å²) in [6, 6.07) is 8.11. The molecule has 0 spiro atoms. The van der Waals surface area contributed by atoms with Gasteiger partial charge in [-0.2, -0.15) is 10.5 Å². The topological polar surface area (TPSA) is 138 Å². The summed E-state index contributed by atoms with van der Waals surface area (Å²) in [6.07, 6.45) is 6.00. The Labute approximate surface area is 191 Å². The number of hydrogen-bond acceptors (Lipinski definition) is 6. The van der Waals surface area contributed by atoms with E-state index in [-0.39, 0.29) is 30.1 Å². The number of rotatable bonds is 4. The summed E-state index contributed by atoms with van der Waals surface area (Å²) >= 11 is 0. The molecule has 3 heterocycles. The quantitative estimate of drug-likeness (QED) is 0.317. The first-order chi connectivity index (χ1) is 16.1. The number of fused-ring (bicyclic) bond motifs is 1. The number of anilines is 1. The van der Waals surface area contributed by atoms with E-state index in [0.29, 0.717) is 24.2 Å². The Morgan fingerprint density at radius 1 is 1.15 bits per heavy atom. The minimum absolute atomic E-state index is 0.0240. The second-order valence-corrected chi connectivity index (χ2v) is 8.17. The van der Waals surface area contributed by atoms with Crippen LogP contribution in [-0.4, -0.2) is 59.8 Å². The number of carbonyl (C=O) groups is 2. The highest BCUT2D eigenvalue weighted by molar-refractivity contribution is 5.98. The van der Waals surface area contributed by atoms with Crippen LogP contribution in [0.4, 0.5) is 5.69 Å². The molecule has 2 aromatic rings. The molecule has 1 aromatic carbocycles. The lowest BCUT2D eigenvalue weighted by atomic mass is 10.1. The molecule has 2 saturated heterocycles. The summed E-state index contributed by atoms with van der Waals surface area (Å²) < 4.78 is 5.39. The summed E-state index contributed by atoms with van der Waals surface area (Å²) in [4.78, 5) is 33.6. The van der Waals surface area contributed by atoms with Gasteiger partial charge in [0.25, 0.3) is 0 Å². The van der Waals surface area contributed by atoms with Crippen LogP contribution in [0.1, 0.15) is 37.9 Å². The molecule has 10 heteroatoms. The highest BCUT2D eigenvalue weighted by Crippen LogP contribution is 2.23. The molecule has 10 nitrogen and oxygen atoms in total. The second kappa shape index (κ2) is 10.0. The number of aliphatic imine (C=N–C) groups is 1. The Balaban J connectivity index is 1.50. The van der Waals surface area contributed by atoms with Gasteiger partial charge in [-0.25, -0.2) is 4.99 Å². The van der Waals surface area contributed by atoms with E-state index in [2.05, 4.69) is 15.6 Å². The predicted octanol–water partition coefficient (Wildman–Crippen LogP) is 2.15. The van der Waals surface area contributed by atoms with Crippen LogP contribution in [0.25, 0.3) is 11.0 Å². The van der Waals surface area contributed by atoms with Gasteiger partial charge in [0.1, 0.15) is 17.7 Å². The monoisotopic (exact) mass is 447 g/mol. The number of nitrogens with zero attached hydrogens (tertiary/aromatic N) is 5. The standard InChI is InChI=1S/C23H25N7O3/c24-13-18-12-16-11-17(6-7-20(16)33-18)27-23(26-15-25)28-19-5-1-2-10-30(22(19)32)14-21(31)29-8-3-4-9-29/h6-7,11-12,19H,1-5,8-10,14H2,(H2,26,27,28)/t19-/m0/s1. The van der Waals surface area contributed by atoms with E-state index in [9.17, 15) is 14.9 Å². The fourth-order valence-corrected chi connectivity index (χ4v) is 4.21. The average molecular weight is 447 g/mol. The Kier molecular flexibility index (Phi) is 6.75. The van der Waals surface area contributed by atoms with Crippen molar-refractivity contribution in [2.24, 2.45) is 4.99 Å². The third kappa shape index (κ3) is 5.24. The number of amides is 2. The van der Waals surface area contributed by atoms with Crippen LogP contribution in [0.15, 0.2) is 33.7 Å². The van der Waals surface area contributed by atoms with E-state index >= 15 is 0 Å². The first-order valence-electron chi connectivity index (χ1n) is 11.1. The Hall–Kier alpha value is -4.05. The lowest BCUT2D eigenvalue weighted by Gasteiger charge is -2.25. The molecule has 0 aliphatic carbocycles. The zero-order valence-corrected chi connectivity index (χ0v) is 18.2. The number of nitriles is 2. The summed E-state index contributed by atoms with van der Waals surface area (Å²) in [6.45, 7) is 2.09. The minimum Gasteiger partial charge on any atom is -0.446 e. The van der Waals surface area contributed by atoms with Crippen molar-refractivity contribution in [1.29, 1.82) is 10.5 Å². The molecular weight excluding hydrogens is 422 g/mol. The lowest BCUT2D eigenvalue weighted by molar-refractivity contribution is -0.140. The van der Waals surface area contributed by atoms with Gasteiger partial charge in [0.2, 0.25) is 23.5 Å². The van der Waals surface area contributed by atoms with Gasteiger partial charge in [0, 0.05) is 36.8 Å². The second-order valence-electron chi connectivity index (χ2n) is 8.17.